The lowest BCUT2D eigenvalue weighted by Crippen LogP contribution is -2.41. The normalized spacial score (nSPS) is 12.2. The number of hydrogen-bond donors (Lipinski definition) is 2. The molecule has 2 N–H and O–H groups in total. The summed E-state index contributed by atoms with van der Waals surface area (Å²) in [6.45, 7) is 3.11. The summed E-state index contributed by atoms with van der Waals surface area (Å²) in [5, 5.41) is 16.1. The van der Waals surface area contributed by atoms with Crippen molar-refractivity contribution in [2.24, 2.45) is 7.05 Å². The summed E-state index contributed by atoms with van der Waals surface area (Å²) in [6, 6.07) is -0.893. The highest BCUT2D eigenvalue weighted by atomic mass is 35.5. The van der Waals surface area contributed by atoms with Crippen LogP contribution in [0.15, 0.2) is 0 Å². The SMILES string of the molecule is CC(=O)N[C@@H](CSCc1c(Cl)c(C)nn1C)C(=O)O. The van der Waals surface area contributed by atoms with E-state index in [4.69, 9.17) is 16.7 Å². The summed E-state index contributed by atoms with van der Waals surface area (Å²) in [5.74, 6) is -0.591. The fraction of sp³-hybridized carbons (Fsp3) is 0.545. The van der Waals surface area contributed by atoms with Gasteiger partial charge >= 0.3 is 5.97 Å². The Balaban J connectivity index is 2.57. The van der Waals surface area contributed by atoms with E-state index in [-0.39, 0.29) is 11.7 Å². The first-order chi connectivity index (χ1) is 8.82. The Hall–Kier alpha value is -1.21. The highest BCUT2D eigenvalue weighted by Gasteiger charge is 2.19. The summed E-state index contributed by atoms with van der Waals surface area (Å²) < 4.78 is 1.68. The molecule has 0 radical (unpaired) electrons. The summed E-state index contributed by atoms with van der Waals surface area (Å²) in [5.41, 5.74) is 1.59. The first-order valence-electron chi connectivity index (χ1n) is 5.58. The Morgan fingerprint density at radius 3 is 2.63 bits per heavy atom. The second-order valence-electron chi connectivity index (χ2n) is 4.08. The van der Waals surface area contributed by atoms with Gasteiger partial charge in [0.1, 0.15) is 6.04 Å². The van der Waals surface area contributed by atoms with Crippen LogP contribution in [0.25, 0.3) is 0 Å². The molecule has 0 bridgehead atoms. The molecule has 1 heterocycles. The Labute approximate surface area is 120 Å². The molecular formula is C11H16ClN3O3S. The van der Waals surface area contributed by atoms with Crippen LogP contribution in [-0.4, -0.2) is 38.6 Å². The van der Waals surface area contributed by atoms with Crippen molar-refractivity contribution in [1.82, 2.24) is 15.1 Å². The summed E-state index contributed by atoms with van der Waals surface area (Å²) in [6.07, 6.45) is 0. The third-order valence-electron chi connectivity index (χ3n) is 2.46. The number of halogens is 1. The van der Waals surface area contributed by atoms with E-state index in [1.807, 2.05) is 6.92 Å². The van der Waals surface area contributed by atoms with Crippen molar-refractivity contribution >= 4 is 35.2 Å². The molecule has 0 fully saturated rings. The number of thioether (sulfide) groups is 1. The summed E-state index contributed by atoms with van der Waals surface area (Å²) >= 11 is 7.48. The first kappa shape index (κ1) is 15.8. The van der Waals surface area contributed by atoms with Gasteiger partial charge < -0.3 is 10.4 Å². The Morgan fingerprint density at radius 1 is 1.58 bits per heavy atom. The molecule has 0 saturated carbocycles. The van der Waals surface area contributed by atoms with Crippen LogP contribution in [0.4, 0.5) is 0 Å². The summed E-state index contributed by atoms with van der Waals surface area (Å²) in [7, 11) is 1.79. The molecule has 0 aliphatic heterocycles. The number of aryl methyl sites for hydroxylation is 2. The second kappa shape index (κ2) is 6.81. The van der Waals surface area contributed by atoms with Crippen molar-refractivity contribution in [2.45, 2.75) is 25.6 Å². The number of carbonyl (C=O) groups excluding carboxylic acids is 1. The van der Waals surface area contributed by atoms with Gasteiger partial charge in [-0.25, -0.2) is 4.79 Å². The molecule has 0 aromatic carbocycles. The predicted octanol–water partition coefficient (Wildman–Crippen LogP) is 1.20. The molecule has 8 heteroatoms. The molecule has 106 valence electrons. The zero-order valence-electron chi connectivity index (χ0n) is 10.9. The standard InChI is InChI=1S/C11H16ClN3O3S/c1-6-10(12)9(15(3)14-6)5-19-4-8(11(17)18)13-7(2)16/h8H,4-5H2,1-3H3,(H,13,16)(H,17,18)/t8-/m0/s1. The molecule has 1 rings (SSSR count). The van der Waals surface area contributed by atoms with Crippen molar-refractivity contribution in [3.8, 4) is 0 Å². The first-order valence-corrected chi connectivity index (χ1v) is 7.11. The quantitative estimate of drug-likeness (QED) is 0.825. The maximum atomic E-state index is 10.9. The predicted molar refractivity (Wildman–Crippen MR) is 74.4 cm³/mol. The number of nitrogens with zero attached hydrogens (tertiary/aromatic N) is 2. The van der Waals surface area contributed by atoms with E-state index in [0.29, 0.717) is 10.8 Å². The molecule has 0 saturated heterocycles. The Kier molecular flexibility index (Phi) is 5.68. The average Bonchev–Trinajstić information content (AvgIpc) is 2.53. The van der Waals surface area contributed by atoms with Crippen molar-refractivity contribution in [3.05, 3.63) is 16.4 Å². The molecule has 19 heavy (non-hydrogen) atoms. The third kappa shape index (κ3) is 4.43. The topological polar surface area (TPSA) is 84.2 Å². The van der Waals surface area contributed by atoms with E-state index in [0.717, 1.165) is 11.4 Å². The van der Waals surface area contributed by atoms with Gasteiger partial charge in [-0.05, 0) is 6.92 Å². The monoisotopic (exact) mass is 305 g/mol. The van der Waals surface area contributed by atoms with Gasteiger partial charge in [-0.1, -0.05) is 11.6 Å². The van der Waals surface area contributed by atoms with Gasteiger partial charge in [-0.15, -0.1) is 0 Å². The molecule has 1 amide bonds. The van der Waals surface area contributed by atoms with E-state index in [1.54, 1.807) is 11.7 Å². The number of carbonyl (C=O) groups is 2. The summed E-state index contributed by atoms with van der Waals surface area (Å²) in [4.78, 5) is 21.8. The lowest BCUT2D eigenvalue weighted by Gasteiger charge is -2.12. The lowest BCUT2D eigenvalue weighted by atomic mass is 10.3. The molecule has 0 aliphatic carbocycles. The number of nitrogens with one attached hydrogen (secondary N) is 1. The van der Waals surface area contributed by atoms with E-state index < -0.39 is 12.0 Å². The lowest BCUT2D eigenvalue weighted by molar-refractivity contribution is -0.140. The molecule has 0 spiro atoms. The molecule has 0 aliphatic rings. The van der Waals surface area contributed by atoms with Gasteiger partial charge in [0.05, 0.1) is 16.4 Å². The smallest absolute Gasteiger partial charge is 0.327 e. The number of aromatic nitrogens is 2. The Bertz CT molecular complexity index is 490. The van der Waals surface area contributed by atoms with E-state index >= 15 is 0 Å². The van der Waals surface area contributed by atoms with Crippen molar-refractivity contribution in [2.75, 3.05) is 5.75 Å². The van der Waals surface area contributed by atoms with Crippen LogP contribution >= 0.6 is 23.4 Å². The largest absolute Gasteiger partial charge is 0.480 e. The van der Waals surface area contributed by atoms with Crippen LogP contribution in [-0.2, 0) is 22.4 Å². The zero-order chi connectivity index (χ0) is 14.6. The average molecular weight is 306 g/mol. The van der Waals surface area contributed by atoms with Gasteiger partial charge in [0, 0.05) is 25.5 Å². The van der Waals surface area contributed by atoms with Crippen LogP contribution in [0.2, 0.25) is 5.02 Å². The fourth-order valence-electron chi connectivity index (χ4n) is 1.53. The van der Waals surface area contributed by atoms with Crippen LogP contribution in [0.5, 0.6) is 0 Å². The van der Waals surface area contributed by atoms with E-state index in [9.17, 15) is 9.59 Å². The molecular weight excluding hydrogens is 290 g/mol. The van der Waals surface area contributed by atoms with Crippen molar-refractivity contribution in [3.63, 3.8) is 0 Å². The number of hydrogen-bond acceptors (Lipinski definition) is 4. The van der Waals surface area contributed by atoms with Gasteiger partial charge in [-0.3, -0.25) is 9.48 Å². The maximum absolute atomic E-state index is 10.9. The molecule has 1 aromatic rings. The van der Waals surface area contributed by atoms with E-state index in [2.05, 4.69) is 10.4 Å². The van der Waals surface area contributed by atoms with Gasteiger partial charge in [-0.2, -0.15) is 16.9 Å². The van der Waals surface area contributed by atoms with Crippen LogP contribution < -0.4 is 5.32 Å². The molecule has 0 unspecified atom stereocenters. The number of carboxylic acid groups (broad SMARTS) is 1. The maximum Gasteiger partial charge on any atom is 0.327 e. The molecule has 1 atom stereocenters. The number of rotatable bonds is 6. The molecule has 6 nitrogen and oxygen atoms in total. The van der Waals surface area contributed by atoms with Crippen LogP contribution in [0.1, 0.15) is 18.3 Å². The van der Waals surface area contributed by atoms with Crippen LogP contribution in [0, 0.1) is 6.92 Å². The number of carboxylic acids is 1. The Morgan fingerprint density at radius 2 is 2.21 bits per heavy atom. The van der Waals surface area contributed by atoms with Gasteiger partial charge in [0.15, 0.2) is 0 Å². The second-order valence-corrected chi connectivity index (χ2v) is 5.48. The number of amides is 1. The fourth-order valence-corrected chi connectivity index (χ4v) is 2.94. The molecule has 1 aromatic heterocycles. The highest BCUT2D eigenvalue weighted by Crippen LogP contribution is 2.24. The zero-order valence-corrected chi connectivity index (χ0v) is 12.5. The highest BCUT2D eigenvalue weighted by molar-refractivity contribution is 7.98. The van der Waals surface area contributed by atoms with E-state index in [1.165, 1.54) is 18.7 Å². The van der Waals surface area contributed by atoms with Gasteiger partial charge in [0.25, 0.3) is 0 Å². The van der Waals surface area contributed by atoms with Crippen molar-refractivity contribution in [1.29, 1.82) is 0 Å². The number of aliphatic carboxylic acids is 1. The van der Waals surface area contributed by atoms with Gasteiger partial charge in [0.2, 0.25) is 5.91 Å². The van der Waals surface area contributed by atoms with Crippen molar-refractivity contribution < 1.29 is 14.7 Å². The minimum absolute atomic E-state index is 0.273. The third-order valence-corrected chi connectivity index (χ3v) is 4.00. The minimum Gasteiger partial charge on any atom is -0.480 e. The minimum atomic E-state index is -1.05. The van der Waals surface area contributed by atoms with Crippen LogP contribution in [0.3, 0.4) is 0 Å².